The number of hydrazone groups is 1. The first-order valence-electron chi connectivity index (χ1n) is 8.27. The minimum absolute atomic E-state index is 0.428. The van der Waals surface area contributed by atoms with Gasteiger partial charge in [0.05, 0.1) is 12.8 Å². The zero-order valence-corrected chi connectivity index (χ0v) is 16.6. The molecule has 0 radical (unpaired) electrons. The second-order valence-electron chi connectivity index (χ2n) is 5.82. The monoisotopic (exact) mass is 418 g/mol. The van der Waals surface area contributed by atoms with E-state index in [0.717, 1.165) is 16.7 Å². The molecule has 3 rings (SSSR count). The van der Waals surface area contributed by atoms with Crippen LogP contribution in [0.3, 0.4) is 0 Å². The van der Waals surface area contributed by atoms with Gasteiger partial charge in [-0.1, -0.05) is 59.1 Å². The Kier molecular flexibility index (Phi) is 6.99. The van der Waals surface area contributed by atoms with Crippen LogP contribution in [0.15, 0.2) is 71.8 Å². The molecule has 27 heavy (non-hydrogen) atoms. The summed E-state index contributed by atoms with van der Waals surface area (Å²) in [5.41, 5.74) is 5.91. The van der Waals surface area contributed by atoms with E-state index >= 15 is 0 Å². The minimum Gasteiger partial charge on any atom is -0.488 e. The van der Waals surface area contributed by atoms with Crippen LogP contribution in [0.1, 0.15) is 16.7 Å². The zero-order valence-electron chi connectivity index (χ0n) is 14.3. The van der Waals surface area contributed by atoms with Crippen LogP contribution in [0.5, 0.6) is 5.75 Å². The van der Waals surface area contributed by atoms with Gasteiger partial charge in [-0.3, -0.25) is 0 Å². The van der Waals surface area contributed by atoms with Crippen molar-refractivity contribution in [3.05, 3.63) is 98.5 Å². The number of hydrogen-bond acceptors (Lipinski definition) is 3. The summed E-state index contributed by atoms with van der Waals surface area (Å²) in [6, 6.07) is 20.6. The van der Waals surface area contributed by atoms with Gasteiger partial charge in [-0.2, -0.15) is 5.10 Å². The van der Waals surface area contributed by atoms with Gasteiger partial charge >= 0.3 is 0 Å². The summed E-state index contributed by atoms with van der Waals surface area (Å²) in [5, 5.41) is 6.29. The summed E-state index contributed by atoms with van der Waals surface area (Å²) in [6.45, 7) is 1.02. The molecule has 0 aromatic heterocycles. The Bertz CT molecular complexity index is 910. The van der Waals surface area contributed by atoms with Crippen molar-refractivity contribution in [2.45, 2.75) is 13.2 Å². The van der Waals surface area contributed by atoms with Crippen molar-refractivity contribution in [2.75, 3.05) is 0 Å². The van der Waals surface area contributed by atoms with Crippen molar-refractivity contribution >= 4 is 41.0 Å². The summed E-state index contributed by atoms with van der Waals surface area (Å²) in [4.78, 5) is 0. The quantitative estimate of drug-likeness (QED) is 0.357. The lowest BCUT2D eigenvalue weighted by Crippen LogP contribution is -2.06. The summed E-state index contributed by atoms with van der Waals surface area (Å²) in [7, 11) is 0. The molecule has 0 bridgehead atoms. The standard InChI is InChI=1S/C21H17Cl3N2O/c22-18-5-1-15(2-6-18)12-25-26-13-17-11-20(24)9-10-21(17)27-14-16-3-7-19(23)8-4-16/h1-11,13,25H,12,14H2/b26-13-. The van der Waals surface area contributed by atoms with Gasteiger partial charge in [0.2, 0.25) is 0 Å². The molecule has 3 aromatic rings. The van der Waals surface area contributed by atoms with Crippen molar-refractivity contribution in [3.63, 3.8) is 0 Å². The van der Waals surface area contributed by atoms with E-state index in [9.17, 15) is 0 Å². The molecule has 0 aliphatic rings. The number of benzene rings is 3. The molecule has 0 spiro atoms. The van der Waals surface area contributed by atoms with E-state index in [0.29, 0.717) is 34.0 Å². The van der Waals surface area contributed by atoms with Crippen molar-refractivity contribution < 1.29 is 4.74 Å². The molecule has 6 heteroatoms. The van der Waals surface area contributed by atoms with Crippen molar-refractivity contribution in [2.24, 2.45) is 5.10 Å². The predicted octanol–water partition coefficient (Wildman–Crippen LogP) is 6.35. The van der Waals surface area contributed by atoms with Crippen LogP contribution in [0.4, 0.5) is 0 Å². The average molecular weight is 420 g/mol. The highest BCUT2D eigenvalue weighted by Gasteiger charge is 2.04. The number of nitrogens with zero attached hydrogens (tertiary/aromatic N) is 1. The van der Waals surface area contributed by atoms with Gasteiger partial charge in [0.25, 0.3) is 0 Å². The topological polar surface area (TPSA) is 33.6 Å². The smallest absolute Gasteiger partial charge is 0.128 e. The molecule has 138 valence electrons. The summed E-state index contributed by atoms with van der Waals surface area (Å²) in [5.74, 6) is 0.700. The highest BCUT2D eigenvalue weighted by atomic mass is 35.5. The first kappa shape index (κ1) is 19.6. The van der Waals surface area contributed by atoms with E-state index in [1.165, 1.54) is 0 Å². The van der Waals surface area contributed by atoms with Crippen LogP contribution in [0, 0.1) is 0 Å². The Morgan fingerprint density at radius 2 is 1.37 bits per heavy atom. The Balaban J connectivity index is 1.62. The van der Waals surface area contributed by atoms with Crippen molar-refractivity contribution in [3.8, 4) is 5.75 Å². The van der Waals surface area contributed by atoms with Gasteiger partial charge < -0.3 is 10.2 Å². The molecular formula is C21H17Cl3N2O. The second kappa shape index (κ2) is 9.65. The van der Waals surface area contributed by atoms with E-state index in [2.05, 4.69) is 10.5 Å². The first-order valence-corrected chi connectivity index (χ1v) is 9.41. The van der Waals surface area contributed by atoms with Gasteiger partial charge in [-0.25, -0.2) is 0 Å². The molecular weight excluding hydrogens is 403 g/mol. The third kappa shape index (κ3) is 6.17. The molecule has 0 heterocycles. The number of nitrogens with one attached hydrogen (secondary N) is 1. The van der Waals surface area contributed by atoms with Crippen LogP contribution in [0.2, 0.25) is 15.1 Å². The first-order chi connectivity index (χ1) is 13.1. The van der Waals surface area contributed by atoms with Gasteiger partial charge in [-0.15, -0.1) is 0 Å². The largest absolute Gasteiger partial charge is 0.488 e. The highest BCUT2D eigenvalue weighted by Crippen LogP contribution is 2.23. The average Bonchev–Trinajstić information content (AvgIpc) is 2.67. The number of halogens is 3. The van der Waals surface area contributed by atoms with Crippen LogP contribution in [0.25, 0.3) is 0 Å². The van der Waals surface area contributed by atoms with Gasteiger partial charge in [0, 0.05) is 20.6 Å². The van der Waals surface area contributed by atoms with Gasteiger partial charge in [0.15, 0.2) is 0 Å². The third-order valence-electron chi connectivity index (χ3n) is 3.77. The fourth-order valence-corrected chi connectivity index (χ4v) is 2.78. The lowest BCUT2D eigenvalue weighted by Gasteiger charge is -2.10. The van der Waals surface area contributed by atoms with Gasteiger partial charge in [0.1, 0.15) is 12.4 Å². The second-order valence-corrected chi connectivity index (χ2v) is 7.13. The summed E-state index contributed by atoms with van der Waals surface area (Å²) < 4.78 is 5.91. The molecule has 3 aromatic carbocycles. The maximum absolute atomic E-state index is 6.11. The van der Waals surface area contributed by atoms with E-state index in [1.54, 1.807) is 12.3 Å². The molecule has 0 amide bonds. The lowest BCUT2D eigenvalue weighted by molar-refractivity contribution is 0.306. The van der Waals surface area contributed by atoms with E-state index in [4.69, 9.17) is 39.5 Å². The maximum atomic E-state index is 6.11. The number of rotatable bonds is 7. The molecule has 3 nitrogen and oxygen atoms in total. The number of hydrogen-bond donors (Lipinski definition) is 1. The SMILES string of the molecule is Clc1ccc(CN/N=C\c2cc(Cl)ccc2OCc2ccc(Cl)cc2)cc1. The molecule has 0 atom stereocenters. The summed E-state index contributed by atoms with van der Waals surface area (Å²) >= 11 is 17.9. The summed E-state index contributed by atoms with van der Waals surface area (Å²) in [6.07, 6.45) is 1.69. The highest BCUT2D eigenvalue weighted by molar-refractivity contribution is 6.31. The molecule has 0 saturated carbocycles. The lowest BCUT2D eigenvalue weighted by atomic mass is 10.2. The molecule has 0 fully saturated rings. The molecule has 0 saturated heterocycles. The van der Waals surface area contributed by atoms with Crippen LogP contribution in [-0.4, -0.2) is 6.21 Å². The Morgan fingerprint density at radius 1 is 0.778 bits per heavy atom. The normalized spacial score (nSPS) is 10.9. The zero-order chi connectivity index (χ0) is 19.1. The van der Waals surface area contributed by atoms with Crippen LogP contribution < -0.4 is 10.2 Å². The third-order valence-corrected chi connectivity index (χ3v) is 4.51. The Morgan fingerprint density at radius 3 is 2.04 bits per heavy atom. The molecule has 0 aliphatic heterocycles. The maximum Gasteiger partial charge on any atom is 0.128 e. The number of ether oxygens (including phenoxy) is 1. The van der Waals surface area contributed by atoms with Crippen LogP contribution in [-0.2, 0) is 13.2 Å². The van der Waals surface area contributed by atoms with Crippen molar-refractivity contribution in [1.29, 1.82) is 0 Å². The van der Waals surface area contributed by atoms with E-state index in [-0.39, 0.29) is 0 Å². The van der Waals surface area contributed by atoms with Crippen molar-refractivity contribution in [1.82, 2.24) is 5.43 Å². The fraction of sp³-hybridized carbons (Fsp3) is 0.0952. The van der Waals surface area contributed by atoms with Gasteiger partial charge in [-0.05, 0) is 53.6 Å². The fourth-order valence-electron chi connectivity index (χ4n) is 2.35. The molecule has 0 unspecified atom stereocenters. The van der Waals surface area contributed by atoms with Crippen LogP contribution >= 0.6 is 34.8 Å². The predicted molar refractivity (Wildman–Crippen MR) is 113 cm³/mol. The van der Waals surface area contributed by atoms with E-state index in [1.807, 2.05) is 60.7 Å². The minimum atomic E-state index is 0.428. The Labute approximate surface area is 173 Å². The molecule has 1 N–H and O–H groups in total. The Hall–Kier alpha value is -2.20. The van der Waals surface area contributed by atoms with E-state index < -0.39 is 0 Å². The molecule has 0 aliphatic carbocycles.